The van der Waals surface area contributed by atoms with Crippen LogP contribution < -0.4 is 5.32 Å². The van der Waals surface area contributed by atoms with Gasteiger partial charge in [-0.3, -0.25) is 4.79 Å². The molecule has 0 saturated heterocycles. The molecule has 1 amide bonds. The Bertz CT molecular complexity index is 485. The summed E-state index contributed by atoms with van der Waals surface area (Å²) in [5.74, 6) is 1.72. The van der Waals surface area contributed by atoms with Crippen molar-refractivity contribution < 1.29 is 4.79 Å². The highest BCUT2D eigenvalue weighted by Gasteiger charge is 2.40. The first-order chi connectivity index (χ1) is 8.63. The average molecular weight is 355 g/mol. The maximum absolute atomic E-state index is 12.3. The number of aryl methyl sites for hydroxylation is 1. The van der Waals surface area contributed by atoms with Crippen LogP contribution >= 0.6 is 22.6 Å². The third-order valence-corrected chi connectivity index (χ3v) is 5.32. The van der Waals surface area contributed by atoms with Gasteiger partial charge in [-0.05, 0) is 72.7 Å². The van der Waals surface area contributed by atoms with E-state index in [0.29, 0.717) is 6.04 Å². The van der Waals surface area contributed by atoms with Gasteiger partial charge in [-0.2, -0.15) is 0 Å². The van der Waals surface area contributed by atoms with Crippen molar-refractivity contribution in [3.05, 3.63) is 32.9 Å². The van der Waals surface area contributed by atoms with E-state index in [-0.39, 0.29) is 5.91 Å². The number of hydrogen-bond donors (Lipinski definition) is 1. The van der Waals surface area contributed by atoms with Crippen molar-refractivity contribution in [1.82, 2.24) is 5.32 Å². The number of carbonyl (C=O) groups is 1. The fourth-order valence-corrected chi connectivity index (χ4v) is 4.39. The molecule has 2 saturated carbocycles. The third kappa shape index (κ3) is 2.29. The number of hydrogen-bond acceptors (Lipinski definition) is 1. The molecule has 0 aliphatic heterocycles. The molecule has 2 aliphatic rings. The second kappa shape index (κ2) is 4.83. The lowest BCUT2D eigenvalue weighted by molar-refractivity contribution is 0.0922. The molecule has 1 aromatic rings. The van der Waals surface area contributed by atoms with Gasteiger partial charge in [-0.1, -0.05) is 18.1 Å². The maximum atomic E-state index is 12.3. The summed E-state index contributed by atoms with van der Waals surface area (Å²) in [6.45, 7) is 2.06. The quantitative estimate of drug-likeness (QED) is 0.809. The van der Waals surface area contributed by atoms with Gasteiger partial charge in [-0.25, -0.2) is 0 Å². The van der Waals surface area contributed by atoms with E-state index in [0.717, 1.165) is 21.0 Å². The second-order valence-corrected chi connectivity index (χ2v) is 6.90. The molecule has 3 rings (SSSR count). The average Bonchev–Trinajstić information content (AvgIpc) is 2.90. The molecule has 2 bridgehead atoms. The highest BCUT2D eigenvalue weighted by molar-refractivity contribution is 14.1. The van der Waals surface area contributed by atoms with E-state index in [1.54, 1.807) is 0 Å². The largest absolute Gasteiger partial charge is 0.349 e. The van der Waals surface area contributed by atoms with Crippen LogP contribution in [0.25, 0.3) is 0 Å². The zero-order valence-electron chi connectivity index (χ0n) is 10.6. The molecule has 3 heteroatoms. The lowest BCUT2D eigenvalue weighted by Gasteiger charge is -2.23. The molecule has 0 unspecified atom stereocenters. The van der Waals surface area contributed by atoms with Gasteiger partial charge in [0.15, 0.2) is 0 Å². The summed E-state index contributed by atoms with van der Waals surface area (Å²) < 4.78 is 1.05. The van der Waals surface area contributed by atoms with E-state index in [1.165, 1.54) is 31.2 Å². The Kier molecular flexibility index (Phi) is 3.34. The van der Waals surface area contributed by atoms with E-state index in [9.17, 15) is 4.79 Å². The van der Waals surface area contributed by atoms with Crippen LogP contribution in [0.15, 0.2) is 18.2 Å². The van der Waals surface area contributed by atoms with Gasteiger partial charge < -0.3 is 5.32 Å². The van der Waals surface area contributed by atoms with E-state index in [2.05, 4.69) is 40.9 Å². The van der Waals surface area contributed by atoms with Crippen molar-refractivity contribution in [2.45, 2.75) is 38.6 Å². The Morgan fingerprint density at radius 2 is 2.17 bits per heavy atom. The van der Waals surface area contributed by atoms with Gasteiger partial charge in [0.2, 0.25) is 0 Å². The minimum Gasteiger partial charge on any atom is -0.349 e. The summed E-state index contributed by atoms with van der Waals surface area (Å²) in [6, 6.07) is 6.45. The third-order valence-electron chi connectivity index (χ3n) is 4.42. The van der Waals surface area contributed by atoms with Crippen molar-refractivity contribution in [2.24, 2.45) is 11.8 Å². The number of carbonyl (C=O) groups excluding carboxylic acids is 1. The first-order valence-electron chi connectivity index (χ1n) is 6.70. The van der Waals surface area contributed by atoms with Crippen molar-refractivity contribution >= 4 is 28.5 Å². The SMILES string of the molecule is Cc1ccc(C(=O)N[C@@H]2C[C@H]3CC[C@@H]2C3)c(I)c1. The molecule has 2 fully saturated rings. The number of nitrogens with one attached hydrogen (secondary N) is 1. The van der Waals surface area contributed by atoms with E-state index in [1.807, 2.05) is 12.1 Å². The number of fused-ring (bicyclic) bond motifs is 2. The molecule has 1 aromatic carbocycles. The molecule has 0 spiro atoms. The van der Waals surface area contributed by atoms with Gasteiger partial charge in [0, 0.05) is 9.61 Å². The summed E-state index contributed by atoms with van der Waals surface area (Å²) in [5, 5.41) is 3.24. The number of halogens is 1. The van der Waals surface area contributed by atoms with E-state index in [4.69, 9.17) is 0 Å². The Morgan fingerprint density at radius 3 is 2.78 bits per heavy atom. The Labute approximate surface area is 122 Å². The highest BCUT2D eigenvalue weighted by atomic mass is 127. The standard InChI is InChI=1S/C15H18INO/c1-9-2-5-12(13(16)6-9)15(18)17-14-8-10-3-4-11(14)7-10/h2,5-6,10-11,14H,3-4,7-8H2,1H3,(H,17,18)/t10-,11+,14+/m0/s1. The minimum atomic E-state index is 0.108. The molecule has 96 valence electrons. The van der Waals surface area contributed by atoms with Crippen molar-refractivity contribution in [2.75, 3.05) is 0 Å². The Hall–Kier alpha value is -0.580. The predicted octanol–water partition coefficient (Wildman–Crippen LogP) is 3.52. The molecule has 2 aliphatic carbocycles. The van der Waals surface area contributed by atoms with Crippen LogP contribution in [-0.4, -0.2) is 11.9 Å². The lowest BCUT2D eigenvalue weighted by Crippen LogP contribution is -2.38. The molecule has 0 heterocycles. The van der Waals surface area contributed by atoms with E-state index >= 15 is 0 Å². The summed E-state index contributed by atoms with van der Waals surface area (Å²) in [5.41, 5.74) is 2.03. The van der Waals surface area contributed by atoms with Crippen LogP contribution in [-0.2, 0) is 0 Å². The minimum absolute atomic E-state index is 0.108. The Balaban J connectivity index is 1.71. The van der Waals surface area contributed by atoms with Crippen LogP contribution in [0, 0.1) is 22.3 Å². The summed E-state index contributed by atoms with van der Waals surface area (Å²) in [6.07, 6.45) is 5.20. The van der Waals surface area contributed by atoms with Crippen LogP contribution in [0.1, 0.15) is 41.6 Å². The normalized spacial score (nSPS) is 29.6. The predicted molar refractivity (Wildman–Crippen MR) is 80.6 cm³/mol. The number of amides is 1. The van der Waals surface area contributed by atoms with Crippen molar-refractivity contribution in [3.8, 4) is 0 Å². The molecule has 3 atom stereocenters. The Morgan fingerprint density at radius 1 is 1.33 bits per heavy atom. The zero-order chi connectivity index (χ0) is 12.7. The highest BCUT2D eigenvalue weighted by Crippen LogP contribution is 2.44. The summed E-state index contributed by atoms with van der Waals surface area (Å²) >= 11 is 2.25. The monoisotopic (exact) mass is 355 g/mol. The van der Waals surface area contributed by atoms with Crippen LogP contribution in [0.3, 0.4) is 0 Å². The molecule has 18 heavy (non-hydrogen) atoms. The molecule has 1 N–H and O–H groups in total. The number of benzene rings is 1. The van der Waals surface area contributed by atoms with Gasteiger partial charge in [0.05, 0.1) is 5.56 Å². The van der Waals surface area contributed by atoms with Gasteiger partial charge in [-0.15, -0.1) is 0 Å². The fraction of sp³-hybridized carbons (Fsp3) is 0.533. The van der Waals surface area contributed by atoms with Crippen molar-refractivity contribution in [3.63, 3.8) is 0 Å². The first-order valence-corrected chi connectivity index (χ1v) is 7.78. The zero-order valence-corrected chi connectivity index (χ0v) is 12.7. The maximum Gasteiger partial charge on any atom is 0.252 e. The van der Waals surface area contributed by atoms with Gasteiger partial charge in [0.25, 0.3) is 5.91 Å². The fourth-order valence-electron chi connectivity index (χ4n) is 3.47. The topological polar surface area (TPSA) is 29.1 Å². The summed E-state index contributed by atoms with van der Waals surface area (Å²) in [4.78, 5) is 12.3. The smallest absolute Gasteiger partial charge is 0.252 e. The van der Waals surface area contributed by atoms with Crippen LogP contribution in [0.4, 0.5) is 0 Å². The molecule has 2 nitrogen and oxygen atoms in total. The first kappa shape index (κ1) is 12.5. The molecule has 0 radical (unpaired) electrons. The van der Waals surface area contributed by atoms with Gasteiger partial charge >= 0.3 is 0 Å². The van der Waals surface area contributed by atoms with E-state index < -0.39 is 0 Å². The van der Waals surface area contributed by atoms with Crippen molar-refractivity contribution in [1.29, 1.82) is 0 Å². The second-order valence-electron chi connectivity index (χ2n) is 5.74. The number of rotatable bonds is 2. The molecular formula is C15H18INO. The molecular weight excluding hydrogens is 337 g/mol. The lowest BCUT2D eigenvalue weighted by atomic mass is 9.95. The van der Waals surface area contributed by atoms with Crippen LogP contribution in [0.5, 0.6) is 0 Å². The molecule has 0 aromatic heterocycles. The van der Waals surface area contributed by atoms with Gasteiger partial charge in [0.1, 0.15) is 0 Å². The van der Waals surface area contributed by atoms with Crippen LogP contribution in [0.2, 0.25) is 0 Å². The summed E-state index contributed by atoms with van der Waals surface area (Å²) in [7, 11) is 0.